The van der Waals surface area contributed by atoms with Crippen LogP contribution in [0.5, 0.6) is 0 Å². The molecule has 0 bridgehead atoms. The summed E-state index contributed by atoms with van der Waals surface area (Å²) in [5.74, 6) is -1.37. The maximum atomic E-state index is 14.1. The monoisotopic (exact) mass is 370 g/mol. The van der Waals surface area contributed by atoms with Crippen molar-refractivity contribution in [2.24, 2.45) is 0 Å². The fraction of sp³-hybridized carbons (Fsp3) is 0.438. The Labute approximate surface area is 145 Å². The Morgan fingerprint density at radius 3 is 2.84 bits per heavy atom. The first-order valence-electron chi connectivity index (χ1n) is 8.09. The molecule has 25 heavy (non-hydrogen) atoms. The zero-order valence-corrected chi connectivity index (χ0v) is 14.9. The Morgan fingerprint density at radius 2 is 2.16 bits per heavy atom. The maximum Gasteiger partial charge on any atom is 0.279 e. The molecular weight excluding hydrogens is 350 g/mol. The summed E-state index contributed by atoms with van der Waals surface area (Å²) in [5.41, 5.74) is 1.61. The van der Waals surface area contributed by atoms with E-state index >= 15 is 0 Å². The van der Waals surface area contributed by atoms with Gasteiger partial charge in [0.2, 0.25) is 0 Å². The Morgan fingerprint density at radius 1 is 1.40 bits per heavy atom. The van der Waals surface area contributed by atoms with Crippen LogP contribution in [0.4, 0.5) is 8.78 Å². The van der Waals surface area contributed by atoms with Gasteiger partial charge in [0, 0.05) is 30.9 Å². The van der Waals surface area contributed by atoms with E-state index in [1.54, 1.807) is 13.1 Å². The van der Waals surface area contributed by atoms with Crippen molar-refractivity contribution in [3.8, 4) is 5.69 Å². The standard InChI is InChI=1S/C16H20F2N4O2S/c1-3-21(2)25(23,24)20-14-5-4-6-15-12(14)10-19-22(15)16-8-7-11(17)9-13(16)18/h7-10,14,20H,3-6H2,1-2H3/t14-/m0/s1. The second-order valence-corrected chi connectivity index (χ2v) is 7.85. The van der Waals surface area contributed by atoms with E-state index in [-0.39, 0.29) is 5.69 Å². The average Bonchev–Trinajstić information content (AvgIpc) is 2.99. The second-order valence-electron chi connectivity index (χ2n) is 6.04. The van der Waals surface area contributed by atoms with E-state index in [1.807, 2.05) is 0 Å². The molecule has 0 radical (unpaired) electrons. The first kappa shape index (κ1) is 18.0. The molecule has 9 heteroatoms. The van der Waals surface area contributed by atoms with Gasteiger partial charge in [-0.1, -0.05) is 6.92 Å². The highest BCUT2D eigenvalue weighted by Crippen LogP contribution is 2.32. The lowest BCUT2D eigenvalue weighted by Crippen LogP contribution is -2.40. The Kier molecular flexibility index (Phi) is 4.90. The molecule has 136 valence electrons. The van der Waals surface area contributed by atoms with E-state index in [9.17, 15) is 17.2 Å². The number of hydrogen-bond acceptors (Lipinski definition) is 3. The summed E-state index contributed by atoms with van der Waals surface area (Å²) < 4.78 is 57.1. The molecule has 1 N–H and O–H groups in total. The molecule has 0 amide bonds. The maximum absolute atomic E-state index is 14.1. The van der Waals surface area contributed by atoms with Gasteiger partial charge in [0.1, 0.15) is 11.5 Å². The molecule has 0 fully saturated rings. The van der Waals surface area contributed by atoms with E-state index in [2.05, 4.69) is 9.82 Å². The Hall–Kier alpha value is -1.84. The molecule has 6 nitrogen and oxygen atoms in total. The quantitative estimate of drug-likeness (QED) is 0.878. The highest BCUT2D eigenvalue weighted by molar-refractivity contribution is 7.87. The minimum Gasteiger partial charge on any atom is -0.234 e. The van der Waals surface area contributed by atoms with Gasteiger partial charge in [0.05, 0.1) is 12.2 Å². The number of rotatable bonds is 5. The normalized spacial score (nSPS) is 17.7. The Bertz CT molecular complexity index is 882. The largest absolute Gasteiger partial charge is 0.279 e. The number of fused-ring (bicyclic) bond motifs is 1. The van der Waals surface area contributed by atoms with E-state index < -0.39 is 27.9 Å². The van der Waals surface area contributed by atoms with Crippen LogP contribution in [0.15, 0.2) is 24.4 Å². The van der Waals surface area contributed by atoms with Crippen molar-refractivity contribution in [2.45, 2.75) is 32.2 Å². The fourth-order valence-corrected chi connectivity index (χ4v) is 4.10. The molecule has 1 aliphatic rings. The van der Waals surface area contributed by atoms with Crippen LogP contribution < -0.4 is 4.72 Å². The van der Waals surface area contributed by atoms with Crippen LogP contribution in [0.3, 0.4) is 0 Å². The predicted octanol–water partition coefficient (Wildman–Crippen LogP) is 2.31. The van der Waals surface area contributed by atoms with Gasteiger partial charge in [0.25, 0.3) is 10.2 Å². The van der Waals surface area contributed by atoms with Crippen molar-refractivity contribution in [1.82, 2.24) is 18.8 Å². The molecule has 1 aromatic carbocycles. The van der Waals surface area contributed by atoms with Crippen molar-refractivity contribution in [2.75, 3.05) is 13.6 Å². The van der Waals surface area contributed by atoms with Crippen molar-refractivity contribution in [3.05, 3.63) is 47.3 Å². The summed E-state index contributed by atoms with van der Waals surface area (Å²) in [6, 6.07) is 2.89. The molecule has 3 rings (SSSR count). The number of nitrogens with zero attached hydrogens (tertiary/aromatic N) is 3. The fourth-order valence-electron chi connectivity index (χ4n) is 2.98. The summed E-state index contributed by atoms with van der Waals surface area (Å²) in [7, 11) is -2.10. The molecule has 0 unspecified atom stereocenters. The van der Waals surface area contributed by atoms with Gasteiger partial charge < -0.3 is 0 Å². The van der Waals surface area contributed by atoms with Gasteiger partial charge in [-0.2, -0.15) is 22.5 Å². The van der Waals surface area contributed by atoms with Crippen LogP contribution in [-0.4, -0.2) is 36.1 Å². The van der Waals surface area contributed by atoms with Gasteiger partial charge in [-0.3, -0.25) is 0 Å². The van der Waals surface area contributed by atoms with Crippen LogP contribution in [0.2, 0.25) is 0 Å². The molecule has 1 aromatic heterocycles. The number of benzene rings is 1. The third-order valence-electron chi connectivity index (χ3n) is 4.47. The first-order chi connectivity index (χ1) is 11.8. The predicted molar refractivity (Wildman–Crippen MR) is 89.5 cm³/mol. The number of aromatic nitrogens is 2. The average molecular weight is 370 g/mol. The van der Waals surface area contributed by atoms with Crippen LogP contribution in [0, 0.1) is 11.6 Å². The SMILES string of the molecule is CCN(C)S(=O)(=O)N[C@H]1CCCc2c1cnn2-c1ccc(F)cc1F. The minimum atomic E-state index is -3.60. The van der Waals surface area contributed by atoms with Crippen molar-refractivity contribution in [3.63, 3.8) is 0 Å². The van der Waals surface area contributed by atoms with Crippen molar-refractivity contribution < 1.29 is 17.2 Å². The van der Waals surface area contributed by atoms with Crippen molar-refractivity contribution >= 4 is 10.2 Å². The van der Waals surface area contributed by atoms with Gasteiger partial charge in [-0.25, -0.2) is 13.5 Å². The van der Waals surface area contributed by atoms with Crippen LogP contribution in [0.1, 0.15) is 37.1 Å². The topological polar surface area (TPSA) is 67.2 Å². The third kappa shape index (κ3) is 3.44. The second kappa shape index (κ2) is 6.81. The van der Waals surface area contributed by atoms with Crippen LogP contribution >= 0.6 is 0 Å². The molecule has 1 heterocycles. The first-order valence-corrected chi connectivity index (χ1v) is 9.53. The molecule has 1 aliphatic carbocycles. The highest BCUT2D eigenvalue weighted by atomic mass is 32.2. The lowest BCUT2D eigenvalue weighted by Gasteiger charge is -2.26. The molecule has 1 atom stereocenters. The number of halogens is 2. The Balaban J connectivity index is 1.95. The minimum absolute atomic E-state index is 0.150. The van der Waals surface area contributed by atoms with E-state index in [1.165, 1.54) is 28.2 Å². The number of hydrogen-bond donors (Lipinski definition) is 1. The number of nitrogens with one attached hydrogen (secondary N) is 1. The third-order valence-corrected chi connectivity index (χ3v) is 6.13. The lowest BCUT2D eigenvalue weighted by molar-refractivity contribution is 0.444. The molecule has 0 saturated carbocycles. The summed E-state index contributed by atoms with van der Waals surface area (Å²) in [4.78, 5) is 0. The zero-order chi connectivity index (χ0) is 18.2. The molecule has 0 saturated heterocycles. The van der Waals surface area contributed by atoms with Crippen LogP contribution in [0.25, 0.3) is 5.69 Å². The molecule has 2 aromatic rings. The van der Waals surface area contributed by atoms with Gasteiger partial charge in [-0.05, 0) is 31.4 Å². The van der Waals surface area contributed by atoms with Crippen molar-refractivity contribution in [1.29, 1.82) is 0 Å². The summed E-state index contributed by atoms with van der Waals surface area (Å²) in [5, 5.41) is 4.21. The summed E-state index contributed by atoms with van der Waals surface area (Å²) >= 11 is 0. The molecule has 0 spiro atoms. The highest BCUT2D eigenvalue weighted by Gasteiger charge is 2.29. The van der Waals surface area contributed by atoms with Gasteiger partial charge in [0.15, 0.2) is 5.82 Å². The molecular formula is C16H20F2N4O2S. The zero-order valence-electron chi connectivity index (χ0n) is 14.0. The smallest absolute Gasteiger partial charge is 0.234 e. The van der Waals surface area contributed by atoms with Crippen LogP contribution in [-0.2, 0) is 16.6 Å². The van der Waals surface area contributed by atoms with E-state index in [0.717, 1.165) is 23.7 Å². The summed E-state index contributed by atoms with van der Waals surface area (Å²) in [6.45, 7) is 2.11. The van der Waals surface area contributed by atoms with E-state index in [4.69, 9.17) is 0 Å². The lowest BCUT2D eigenvalue weighted by atomic mass is 9.94. The molecule has 0 aliphatic heterocycles. The van der Waals surface area contributed by atoms with Gasteiger partial charge in [-0.15, -0.1) is 0 Å². The van der Waals surface area contributed by atoms with Gasteiger partial charge >= 0.3 is 0 Å². The van der Waals surface area contributed by atoms with E-state index in [0.29, 0.717) is 19.4 Å². The summed E-state index contributed by atoms with van der Waals surface area (Å²) in [6.07, 6.45) is 3.58.